The van der Waals surface area contributed by atoms with E-state index < -0.39 is 10.0 Å². The van der Waals surface area contributed by atoms with Gasteiger partial charge in [-0.1, -0.05) is 0 Å². The van der Waals surface area contributed by atoms with Gasteiger partial charge in [0, 0.05) is 13.1 Å². The van der Waals surface area contributed by atoms with Crippen molar-refractivity contribution in [2.75, 3.05) is 18.8 Å². The van der Waals surface area contributed by atoms with Gasteiger partial charge in [0.25, 0.3) is 0 Å². The van der Waals surface area contributed by atoms with Gasteiger partial charge < -0.3 is 5.73 Å². The standard InChI is InChI=1S/C8H12N4O2S/c9-8-10-5-7(6-11-8)15(13,14)12-3-1-2-4-12/h5-6H,1-4H2,(H2,9,10,11). The van der Waals surface area contributed by atoms with Gasteiger partial charge in [0.2, 0.25) is 16.0 Å². The van der Waals surface area contributed by atoms with Crippen LogP contribution >= 0.6 is 0 Å². The molecule has 0 unspecified atom stereocenters. The average molecular weight is 228 g/mol. The molecular weight excluding hydrogens is 216 g/mol. The molecule has 1 aliphatic rings. The highest BCUT2D eigenvalue weighted by Crippen LogP contribution is 2.19. The van der Waals surface area contributed by atoms with Crippen molar-refractivity contribution in [2.45, 2.75) is 17.7 Å². The number of anilines is 1. The maximum atomic E-state index is 12.0. The van der Waals surface area contributed by atoms with Crippen LogP contribution in [0.3, 0.4) is 0 Å². The summed E-state index contributed by atoms with van der Waals surface area (Å²) in [6, 6.07) is 0. The van der Waals surface area contributed by atoms with Crippen LogP contribution in [0.1, 0.15) is 12.8 Å². The number of nitrogens with two attached hydrogens (primary N) is 1. The van der Waals surface area contributed by atoms with Crippen LogP contribution in [-0.4, -0.2) is 35.8 Å². The highest BCUT2D eigenvalue weighted by Gasteiger charge is 2.27. The molecule has 6 nitrogen and oxygen atoms in total. The second-order valence-electron chi connectivity index (χ2n) is 3.39. The highest BCUT2D eigenvalue weighted by molar-refractivity contribution is 7.89. The fourth-order valence-corrected chi connectivity index (χ4v) is 2.95. The third kappa shape index (κ3) is 1.93. The fourth-order valence-electron chi connectivity index (χ4n) is 1.54. The molecule has 0 amide bonds. The third-order valence-corrected chi connectivity index (χ3v) is 4.20. The lowest BCUT2D eigenvalue weighted by molar-refractivity contribution is 0.477. The molecule has 0 aromatic carbocycles. The summed E-state index contributed by atoms with van der Waals surface area (Å²) in [5.41, 5.74) is 5.29. The Labute approximate surface area is 88.2 Å². The van der Waals surface area contributed by atoms with Crippen LogP contribution < -0.4 is 5.73 Å². The molecule has 0 radical (unpaired) electrons. The van der Waals surface area contributed by atoms with E-state index in [9.17, 15) is 8.42 Å². The van der Waals surface area contributed by atoms with Crippen LogP contribution in [0.15, 0.2) is 17.3 Å². The summed E-state index contributed by atoms with van der Waals surface area (Å²) >= 11 is 0. The van der Waals surface area contributed by atoms with Gasteiger partial charge in [-0.3, -0.25) is 0 Å². The molecule has 1 aliphatic heterocycles. The molecule has 1 fully saturated rings. The number of rotatable bonds is 2. The lowest BCUT2D eigenvalue weighted by atomic mass is 10.4. The predicted molar refractivity (Wildman–Crippen MR) is 54.4 cm³/mol. The molecule has 0 bridgehead atoms. The minimum absolute atomic E-state index is 0.0790. The van der Waals surface area contributed by atoms with Crippen molar-refractivity contribution < 1.29 is 8.42 Å². The Bertz CT molecular complexity index is 436. The zero-order valence-corrected chi connectivity index (χ0v) is 8.94. The Hall–Kier alpha value is -1.21. The minimum atomic E-state index is -3.40. The van der Waals surface area contributed by atoms with Crippen LogP contribution in [-0.2, 0) is 10.0 Å². The summed E-state index contributed by atoms with van der Waals surface area (Å²) in [5.74, 6) is 0.0790. The maximum Gasteiger partial charge on any atom is 0.246 e. The average Bonchev–Trinajstić information content (AvgIpc) is 2.71. The van der Waals surface area contributed by atoms with E-state index in [1.165, 1.54) is 16.7 Å². The van der Waals surface area contributed by atoms with Crippen molar-refractivity contribution in [3.8, 4) is 0 Å². The van der Waals surface area contributed by atoms with Gasteiger partial charge in [-0.2, -0.15) is 4.31 Å². The first-order valence-corrected chi connectivity index (χ1v) is 6.12. The smallest absolute Gasteiger partial charge is 0.246 e. The van der Waals surface area contributed by atoms with Gasteiger partial charge in [0.05, 0.1) is 12.4 Å². The van der Waals surface area contributed by atoms with Crippen LogP contribution in [0, 0.1) is 0 Å². The highest BCUT2D eigenvalue weighted by atomic mass is 32.2. The van der Waals surface area contributed by atoms with Gasteiger partial charge in [-0.25, -0.2) is 18.4 Å². The summed E-state index contributed by atoms with van der Waals surface area (Å²) in [6.45, 7) is 1.15. The minimum Gasteiger partial charge on any atom is -0.368 e. The summed E-state index contributed by atoms with van der Waals surface area (Å²) in [5, 5.41) is 0. The third-order valence-electron chi connectivity index (χ3n) is 2.35. The number of hydrogen-bond donors (Lipinski definition) is 1. The van der Waals surface area contributed by atoms with E-state index in [0.29, 0.717) is 13.1 Å². The Morgan fingerprint density at radius 1 is 1.20 bits per heavy atom. The molecule has 15 heavy (non-hydrogen) atoms. The SMILES string of the molecule is Nc1ncc(S(=O)(=O)N2CCCC2)cn1. The number of hydrogen-bond acceptors (Lipinski definition) is 5. The van der Waals surface area contributed by atoms with Gasteiger partial charge in [-0.05, 0) is 12.8 Å². The number of nitrogen functional groups attached to an aromatic ring is 1. The molecule has 0 atom stereocenters. The molecule has 7 heteroatoms. The van der Waals surface area contributed by atoms with E-state index in [0.717, 1.165) is 12.8 Å². The van der Waals surface area contributed by atoms with E-state index in [2.05, 4.69) is 9.97 Å². The van der Waals surface area contributed by atoms with E-state index >= 15 is 0 Å². The van der Waals surface area contributed by atoms with Gasteiger partial charge >= 0.3 is 0 Å². The molecule has 82 valence electrons. The summed E-state index contributed by atoms with van der Waals surface area (Å²) in [7, 11) is -3.40. The van der Waals surface area contributed by atoms with Crippen molar-refractivity contribution in [2.24, 2.45) is 0 Å². The summed E-state index contributed by atoms with van der Waals surface area (Å²) in [4.78, 5) is 7.47. The van der Waals surface area contributed by atoms with Crippen LogP contribution in [0.4, 0.5) is 5.95 Å². The Morgan fingerprint density at radius 3 is 2.27 bits per heavy atom. The topological polar surface area (TPSA) is 89.2 Å². The van der Waals surface area contributed by atoms with E-state index in [1.807, 2.05) is 0 Å². The van der Waals surface area contributed by atoms with E-state index in [1.54, 1.807) is 0 Å². The molecule has 0 aliphatic carbocycles. The molecule has 2 heterocycles. The first-order chi connectivity index (χ1) is 7.10. The zero-order chi connectivity index (χ0) is 10.9. The molecular formula is C8H12N4O2S. The molecule has 1 aromatic rings. The van der Waals surface area contributed by atoms with Gasteiger partial charge in [0.15, 0.2) is 0 Å². The van der Waals surface area contributed by atoms with Crippen molar-refractivity contribution in [3.05, 3.63) is 12.4 Å². The van der Waals surface area contributed by atoms with Crippen molar-refractivity contribution in [1.29, 1.82) is 0 Å². The molecule has 2 rings (SSSR count). The van der Waals surface area contributed by atoms with E-state index in [-0.39, 0.29) is 10.8 Å². The van der Waals surface area contributed by atoms with Crippen molar-refractivity contribution in [1.82, 2.24) is 14.3 Å². The Morgan fingerprint density at radius 2 is 1.73 bits per heavy atom. The zero-order valence-electron chi connectivity index (χ0n) is 8.13. The lowest BCUT2D eigenvalue weighted by Gasteiger charge is -2.14. The Balaban J connectivity index is 2.32. The summed E-state index contributed by atoms with van der Waals surface area (Å²) in [6.07, 6.45) is 4.32. The first kappa shape index (κ1) is 10.3. The largest absolute Gasteiger partial charge is 0.368 e. The fraction of sp³-hybridized carbons (Fsp3) is 0.500. The lowest BCUT2D eigenvalue weighted by Crippen LogP contribution is -2.28. The quantitative estimate of drug-likeness (QED) is 0.760. The number of sulfonamides is 1. The molecule has 1 aromatic heterocycles. The van der Waals surface area contributed by atoms with Gasteiger partial charge in [0.1, 0.15) is 4.90 Å². The molecule has 0 spiro atoms. The first-order valence-electron chi connectivity index (χ1n) is 4.68. The van der Waals surface area contributed by atoms with Crippen LogP contribution in [0.25, 0.3) is 0 Å². The van der Waals surface area contributed by atoms with Crippen LogP contribution in [0.5, 0.6) is 0 Å². The Kier molecular flexibility index (Phi) is 2.57. The van der Waals surface area contributed by atoms with Gasteiger partial charge in [-0.15, -0.1) is 0 Å². The monoisotopic (exact) mass is 228 g/mol. The van der Waals surface area contributed by atoms with Crippen molar-refractivity contribution in [3.63, 3.8) is 0 Å². The van der Waals surface area contributed by atoms with Crippen molar-refractivity contribution >= 4 is 16.0 Å². The second kappa shape index (κ2) is 3.74. The second-order valence-corrected chi connectivity index (χ2v) is 5.33. The molecule has 2 N–H and O–H groups in total. The van der Waals surface area contributed by atoms with E-state index in [4.69, 9.17) is 5.73 Å². The van der Waals surface area contributed by atoms with Crippen LogP contribution in [0.2, 0.25) is 0 Å². The molecule has 0 saturated carbocycles. The number of nitrogens with zero attached hydrogens (tertiary/aromatic N) is 3. The maximum absolute atomic E-state index is 12.0. The summed E-state index contributed by atoms with van der Waals surface area (Å²) < 4.78 is 25.3. The number of aromatic nitrogens is 2. The predicted octanol–water partition coefficient (Wildman–Crippen LogP) is -0.157. The normalized spacial score (nSPS) is 18.1. The molecule has 1 saturated heterocycles.